The first-order valence-corrected chi connectivity index (χ1v) is 13.6. The normalized spacial score (nSPS) is 15.2. The van der Waals surface area contributed by atoms with Crippen molar-refractivity contribution in [3.63, 3.8) is 0 Å². The Morgan fingerprint density at radius 3 is 2.22 bits per heavy atom. The highest BCUT2D eigenvalue weighted by molar-refractivity contribution is 5.94. The van der Waals surface area contributed by atoms with Crippen LogP contribution in [0.25, 0.3) is 6.08 Å². The van der Waals surface area contributed by atoms with Crippen LogP contribution in [0.3, 0.4) is 0 Å². The van der Waals surface area contributed by atoms with Crippen LogP contribution in [-0.4, -0.2) is 46.1 Å². The number of aromatic nitrogens is 2. The molecule has 1 unspecified atom stereocenters. The number of ketones is 1. The number of hydrogen-bond donors (Lipinski definition) is 0. The lowest BCUT2D eigenvalue weighted by atomic mass is 9.79. The Hall–Kier alpha value is -1.73. The second-order valence-electron chi connectivity index (χ2n) is 12.1. The third kappa shape index (κ3) is 10.9. The zero-order valence-corrected chi connectivity index (χ0v) is 25.0. The molecule has 0 aliphatic carbocycles. The van der Waals surface area contributed by atoms with Crippen molar-refractivity contribution in [3.8, 4) is 0 Å². The van der Waals surface area contributed by atoms with E-state index in [0.717, 1.165) is 26.2 Å². The molecule has 0 aromatic carbocycles. The smallest absolute Gasteiger partial charge is 0.254 e. The van der Waals surface area contributed by atoms with Gasteiger partial charge < -0.3 is 9.47 Å². The van der Waals surface area contributed by atoms with Crippen molar-refractivity contribution in [1.29, 1.82) is 0 Å². The van der Waals surface area contributed by atoms with Crippen molar-refractivity contribution in [3.05, 3.63) is 28.9 Å². The summed E-state index contributed by atoms with van der Waals surface area (Å²) in [5.41, 5.74) is 0.313. The van der Waals surface area contributed by atoms with Gasteiger partial charge in [-0.1, -0.05) is 32.8 Å². The standard InChI is InChI=1S/C30H50F2N2O3/c1-12-14-23(19-36-28(6,7)8)27(37-20(2)3)16-13-15-26(35)25-18-33-24(22(5)34-25)17-21(4)29(9,10)30(11,31)32/h17-18,20,23,27H,12-16,19H2,1-11H3/b21-17+/t23-,27?/m0/s1. The Balaban J connectivity index is 2.90. The van der Waals surface area contributed by atoms with Gasteiger partial charge in [0.15, 0.2) is 5.78 Å². The quantitative estimate of drug-likeness (QED) is 0.216. The van der Waals surface area contributed by atoms with Crippen LogP contribution in [0.4, 0.5) is 8.78 Å². The van der Waals surface area contributed by atoms with Crippen molar-refractivity contribution in [2.75, 3.05) is 6.61 Å². The van der Waals surface area contributed by atoms with Gasteiger partial charge in [-0.05, 0) is 73.8 Å². The van der Waals surface area contributed by atoms with Crippen LogP contribution in [0.5, 0.6) is 0 Å². The maximum absolute atomic E-state index is 14.0. The second-order valence-corrected chi connectivity index (χ2v) is 12.1. The zero-order chi connectivity index (χ0) is 28.6. The largest absolute Gasteiger partial charge is 0.375 e. The summed E-state index contributed by atoms with van der Waals surface area (Å²) in [5, 5.41) is 0. The van der Waals surface area contributed by atoms with Crippen molar-refractivity contribution in [1.82, 2.24) is 9.97 Å². The molecule has 0 radical (unpaired) electrons. The van der Waals surface area contributed by atoms with Crippen LogP contribution in [-0.2, 0) is 9.47 Å². The van der Waals surface area contributed by atoms with Crippen LogP contribution in [0.1, 0.15) is 123 Å². The van der Waals surface area contributed by atoms with Gasteiger partial charge in [0.2, 0.25) is 0 Å². The Morgan fingerprint density at radius 2 is 1.73 bits per heavy atom. The third-order valence-corrected chi connectivity index (χ3v) is 6.96. The van der Waals surface area contributed by atoms with Gasteiger partial charge in [0.1, 0.15) is 5.69 Å². The fourth-order valence-electron chi connectivity index (χ4n) is 3.96. The zero-order valence-electron chi connectivity index (χ0n) is 25.0. The van der Waals surface area contributed by atoms with E-state index in [1.165, 1.54) is 20.0 Å². The van der Waals surface area contributed by atoms with Gasteiger partial charge in [0, 0.05) is 24.7 Å². The number of allylic oxidation sites excluding steroid dienone is 1. The third-order valence-electron chi connectivity index (χ3n) is 6.96. The molecule has 0 aliphatic rings. The lowest BCUT2D eigenvalue weighted by Crippen LogP contribution is -2.34. The molecule has 0 amide bonds. The Labute approximate surface area is 223 Å². The van der Waals surface area contributed by atoms with Crippen LogP contribution in [0.2, 0.25) is 0 Å². The minimum absolute atomic E-state index is 0.0125. The van der Waals surface area contributed by atoms with Gasteiger partial charge >= 0.3 is 0 Å². The molecule has 212 valence electrons. The molecule has 1 aromatic rings. The molecule has 0 saturated heterocycles. The first kappa shape index (κ1) is 33.3. The maximum atomic E-state index is 14.0. The van der Waals surface area contributed by atoms with Crippen LogP contribution in [0, 0.1) is 18.3 Å². The highest BCUT2D eigenvalue weighted by atomic mass is 19.3. The average Bonchev–Trinajstić information content (AvgIpc) is 2.75. The predicted octanol–water partition coefficient (Wildman–Crippen LogP) is 8.25. The number of Topliss-reactive ketones (excluding diaryl/α,β-unsaturated/α-hetero) is 1. The number of halogens is 2. The molecule has 1 rings (SSSR count). The first-order chi connectivity index (χ1) is 16.9. The van der Waals surface area contributed by atoms with Gasteiger partial charge in [0.05, 0.1) is 42.0 Å². The van der Waals surface area contributed by atoms with Crippen molar-refractivity contribution < 1.29 is 23.0 Å². The van der Waals surface area contributed by atoms with E-state index in [9.17, 15) is 13.6 Å². The van der Waals surface area contributed by atoms with E-state index >= 15 is 0 Å². The number of alkyl halides is 2. The summed E-state index contributed by atoms with van der Waals surface area (Å²) in [6.07, 6.45) is 7.00. The summed E-state index contributed by atoms with van der Waals surface area (Å²) < 4.78 is 40.4. The Morgan fingerprint density at radius 1 is 1.11 bits per heavy atom. The Kier molecular flexibility index (Phi) is 12.5. The summed E-state index contributed by atoms with van der Waals surface area (Å²) in [4.78, 5) is 21.7. The summed E-state index contributed by atoms with van der Waals surface area (Å²) in [7, 11) is 0. The number of rotatable bonds is 15. The molecule has 0 bridgehead atoms. The SMILES string of the molecule is CCC[C@@H](COC(C)(C)C)C(CCCC(=O)c1cnc(/C=C(\C)C(C)(C)C(C)(F)F)c(C)n1)OC(C)C. The lowest BCUT2D eigenvalue weighted by molar-refractivity contribution is -0.0858. The van der Waals surface area contributed by atoms with E-state index in [2.05, 4.69) is 37.7 Å². The number of ether oxygens (including phenoxy) is 2. The lowest BCUT2D eigenvalue weighted by Gasteiger charge is -2.32. The molecule has 0 N–H and O–H groups in total. The molecule has 0 saturated carbocycles. The number of hydrogen-bond acceptors (Lipinski definition) is 5. The Bertz CT molecular complexity index is 899. The topological polar surface area (TPSA) is 61.3 Å². The molecular weight excluding hydrogens is 474 g/mol. The van der Waals surface area contributed by atoms with E-state index in [-0.39, 0.29) is 29.5 Å². The molecule has 5 nitrogen and oxygen atoms in total. The molecule has 0 aliphatic heterocycles. The molecule has 2 atom stereocenters. The number of nitrogens with zero attached hydrogens (tertiary/aromatic N) is 2. The van der Waals surface area contributed by atoms with Crippen LogP contribution >= 0.6 is 0 Å². The summed E-state index contributed by atoms with van der Waals surface area (Å²) in [5.74, 6) is -2.70. The minimum atomic E-state index is -2.88. The molecule has 7 heteroatoms. The summed E-state index contributed by atoms with van der Waals surface area (Å²) >= 11 is 0. The maximum Gasteiger partial charge on any atom is 0.254 e. The van der Waals surface area contributed by atoms with E-state index in [0.29, 0.717) is 42.1 Å². The summed E-state index contributed by atoms with van der Waals surface area (Å²) in [6, 6.07) is 0. The van der Waals surface area contributed by atoms with Gasteiger partial charge in [-0.2, -0.15) is 0 Å². The molecule has 1 heterocycles. The van der Waals surface area contributed by atoms with Crippen molar-refractivity contribution in [2.45, 2.75) is 132 Å². The van der Waals surface area contributed by atoms with Gasteiger partial charge in [-0.3, -0.25) is 9.78 Å². The van der Waals surface area contributed by atoms with E-state index in [1.807, 2.05) is 13.8 Å². The van der Waals surface area contributed by atoms with E-state index < -0.39 is 11.3 Å². The minimum Gasteiger partial charge on any atom is -0.375 e. The predicted molar refractivity (Wildman–Crippen MR) is 147 cm³/mol. The van der Waals surface area contributed by atoms with Gasteiger partial charge in [-0.15, -0.1) is 0 Å². The number of carbonyl (C=O) groups is 1. The van der Waals surface area contributed by atoms with Crippen molar-refractivity contribution in [2.24, 2.45) is 11.3 Å². The molecule has 37 heavy (non-hydrogen) atoms. The number of aryl methyl sites for hydroxylation is 1. The van der Waals surface area contributed by atoms with Crippen LogP contribution < -0.4 is 0 Å². The summed E-state index contributed by atoms with van der Waals surface area (Å²) in [6.45, 7) is 20.4. The van der Waals surface area contributed by atoms with Gasteiger partial charge in [-0.25, -0.2) is 13.8 Å². The number of carbonyl (C=O) groups excluding carboxylic acids is 1. The van der Waals surface area contributed by atoms with Crippen LogP contribution in [0.15, 0.2) is 11.8 Å². The fraction of sp³-hybridized carbons (Fsp3) is 0.767. The van der Waals surface area contributed by atoms with E-state index in [1.54, 1.807) is 19.9 Å². The molecular formula is C30H50F2N2O3. The molecule has 0 fully saturated rings. The van der Waals surface area contributed by atoms with E-state index in [4.69, 9.17) is 9.47 Å². The molecule has 1 aromatic heterocycles. The highest BCUT2D eigenvalue weighted by Crippen LogP contribution is 2.42. The second kappa shape index (κ2) is 13.9. The van der Waals surface area contributed by atoms with Crippen molar-refractivity contribution >= 4 is 11.9 Å². The first-order valence-electron chi connectivity index (χ1n) is 13.6. The average molecular weight is 525 g/mol. The van der Waals surface area contributed by atoms with Gasteiger partial charge in [0.25, 0.3) is 5.92 Å². The fourth-order valence-corrected chi connectivity index (χ4v) is 3.96. The molecule has 0 spiro atoms. The monoisotopic (exact) mass is 524 g/mol. The highest BCUT2D eigenvalue weighted by Gasteiger charge is 2.43.